The zero-order valence-electron chi connectivity index (χ0n) is 16.4. The highest BCUT2D eigenvalue weighted by Gasteiger charge is 2.44. The fraction of sp³-hybridized carbons (Fsp3) is 0.273. The lowest BCUT2D eigenvalue weighted by molar-refractivity contribution is -0.118. The Bertz CT molecular complexity index is 951. The quantitative estimate of drug-likeness (QED) is 0.690. The number of hydrazine groups is 1. The molecule has 3 heterocycles. The molecular formula is C22H24N6OS. The molecule has 7 nitrogen and oxygen atoms in total. The van der Waals surface area contributed by atoms with Gasteiger partial charge in [0.25, 0.3) is 0 Å². The van der Waals surface area contributed by atoms with Crippen LogP contribution in [-0.2, 0) is 11.3 Å². The number of nitrogens with one attached hydrogen (secondary N) is 3. The molecule has 0 bridgehead atoms. The van der Waals surface area contributed by atoms with E-state index in [1.165, 1.54) is 17.3 Å². The normalized spacial score (nSPS) is 24.1. The van der Waals surface area contributed by atoms with Crippen molar-refractivity contribution >= 4 is 22.8 Å². The molecule has 1 fully saturated rings. The van der Waals surface area contributed by atoms with Crippen LogP contribution in [0.25, 0.3) is 0 Å². The second kappa shape index (κ2) is 8.41. The molecule has 0 spiro atoms. The van der Waals surface area contributed by atoms with Crippen molar-refractivity contribution in [2.75, 3.05) is 5.75 Å². The maximum absolute atomic E-state index is 12.3. The molecule has 1 amide bonds. The standard InChI is InChI=1S/C22H24N6OS/c29-20(23-14-16-7-3-1-4-8-16)15-30-22-25-24-21-19-13-18(17-9-5-2-6-10-17)26-28(19)12-11-27(21)22/h1-12,18-19,21,24,26H,13-15H2,(H,23,29). The SMILES string of the molecule is O=C(CSC1=NNC2C3CC(c4ccccc4)NN3C=CN12)NCc1ccccc1. The summed E-state index contributed by atoms with van der Waals surface area (Å²) >= 11 is 1.46. The van der Waals surface area contributed by atoms with E-state index in [9.17, 15) is 4.79 Å². The third-order valence-corrected chi connectivity index (χ3v) is 6.54. The fourth-order valence-electron chi connectivity index (χ4n) is 4.03. The van der Waals surface area contributed by atoms with Gasteiger partial charge in [-0.05, 0) is 17.5 Å². The predicted molar refractivity (Wildman–Crippen MR) is 119 cm³/mol. The summed E-state index contributed by atoms with van der Waals surface area (Å²) in [4.78, 5) is 14.4. The van der Waals surface area contributed by atoms with Gasteiger partial charge in [0.05, 0.1) is 17.8 Å². The van der Waals surface area contributed by atoms with E-state index in [0.29, 0.717) is 12.3 Å². The Labute approximate surface area is 180 Å². The molecule has 1 saturated heterocycles. The van der Waals surface area contributed by atoms with Crippen molar-refractivity contribution in [2.24, 2.45) is 5.10 Å². The molecule has 3 N–H and O–H groups in total. The van der Waals surface area contributed by atoms with E-state index in [2.05, 4.69) is 61.6 Å². The Balaban J connectivity index is 1.15. The predicted octanol–water partition coefficient (Wildman–Crippen LogP) is 2.34. The minimum absolute atomic E-state index is 0.00398. The number of amidine groups is 1. The summed E-state index contributed by atoms with van der Waals surface area (Å²) in [5.41, 5.74) is 9.22. The molecule has 2 aromatic carbocycles. The first-order valence-corrected chi connectivity index (χ1v) is 11.1. The second-order valence-electron chi connectivity index (χ2n) is 7.53. The minimum Gasteiger partial charge on any atom is -0.351 e. The van der Waals surface area contributed by atoms with Crippen molar-refractivity contribution in [1.29, 1.82) is 0 Å². The van der Waals surface area contributed by atoms with Gasteiger partial charge in [0.2, 0.25) is 5.91 Å². The topological polar surface area (TPSA) is 72.0 Å². The Kier molecular flexibility index (Phi) is 5.33. The monoisotopic (exact) mass is 420 g/mol. The van der Waals surface area contributed by atoms with Crippen molar-refractivity contribution in [3.05, 3.63) is 84.2 Å². The van der Waals surface area contributed by atoms with Crippen molar-refractivity contribution < 1.29 is 4.79 Å². The van der Waals surface area contributed by atoms with Crippen LogP contribution >= 0.6 is 11.8 Å². The fourth-order valence-corrected chi connectivity index (χ4v) is 4.83. The van der Waals surface area contributed by atoms with Crippen LogP contribution in [-0.4, -0.2) is 38.9 Å². The molecule has 3 aliphatic rings. The van der Waals surface area contributed by atoms with Crippen molar-refractivity contribution in [2.45, 2.75) is 31.2 Å². The summed E-state index contributed by atoms with van der Waals surface area (Å²) in [6.07, 6.45) is 5.12. The van der Waals surface area contributed by atoms with Crippen LogP contribution in [0.5, 0.6) is 0 Å². The zero-order valence-corrected chi connectivity index (χ0v) is 17.3. The molecule has 5 rings (SSSR count). The molecule has 3 unspecified atom stereocenters. The summed E-state index contributed by atoms with van der Waals surface area (Å²) < 4.78 is 0. The number of hydrazone groups is 1. The van der Waals surface area contributed by atoms with Crippen molar-refractivity contribution in [3.8, 4) is 0 Å². The average Bonchev–Trinajstić information content (AvgIpc) is 3.41. The number of hydrogen-bond acceptors (Lipinski definition) is 7. The van der Waals surface area contributed by atoms with Gasteiger partial charge in [-0.3, -0.25) is 10.2 Å². The van der Waals surface area contributed by atoms with Crippen LogP contribution in [0, 0.1) is 0 Å². The number of carbonyl (C=O) groups excluding carboxylic acids is 1. The number of hydrogen-bond donors (Lipinski definition) is 3. The molecule has 0 aliphatic carbocycles. The van der Waals surface area contributed by atoms with Crippen molar-refractivity contribution in [3.63, 3.8) is 0 Å². The van der Waals surface area contributed by atoms with Crippen LogP contribution < -0.4 is 16.2 Å². The van der Waals surface area contributed by atoms with Gasteiger partial charge in [0.15, 0.2) is 5.17 Å². The number of benzene rings is 2. The molecule has 30 heavy (non-hydrogen) atoms. The highest BCUT2D eigenvalue weighted by atomic mass is 32.2. The zero-order chi connectivity index (χ0) is 20.3. The van der Waals surface area contributed by atoms with Gasteiger partial charge >= 0.3 is 0 Å². The highest BCUT2D eigenvalue weighted by molar-refractivity contribution is 8.14. The first-order valence-electron chi connectivity index (χ1n) is 10.1. The summed E-state index contributed by atoms with van der Waals surface area (Å²) in [7, 11) is 0. The first-order chi connectivity index (χ1) is 14.8. The van der Waals surface area contributed by atoms with E-state index in [0.717, 1.165) is 17.2 Å². The Morgan fingerprint density at radius 2 is 1.87 bits per heavy atom. The largest absolute Gasteiger partial charge is 0.351 e. The van der Waals surface area contributed by atoms with E-state index in [4.69, 9.17) is 0 Å². The van der Waals surface area contributed by atoms with Gasteiger partial charge < -0.3 is 15.2 Å². The Hall–Kier alpha value is -2.97. The summed E-state index contributed by atoms with van der Waals surface area (Å²) in [6, 6.07) is 21.0. The molecule has 2 aromatic rings. The number of rotatable bonds is 5. The van der Waals surface area contributed by atoms with Gasteiger partial charge in [0, 0.05) is 18.9 Å². The van der Waals surface area contributed by atoms with Gasteiger partial charge in [-0.1, -0.05) is 72.4 Å². The van der Waals surface area contributed by atoms with Crippen LogP contribution in [0.15, 0.2) is 78.2 Å². The van der Waals surface area contributed by atoms with Crippen LogP contribution in [0.4, 0.5) is 0 Å². The van der Waals surface area contributed by atoms with E-state index < -0.39 is 0 Å². The molecule has 8 heteroatoms. The lowest BCUT2D eigenvalue weighted by atomic mass is 10.00. The third-order valence-electron chi connectivity index (χ3n) is 5.57. The average molecular weight is 421 g/mol. The number of fused-ring (bicyclic) bond motifs is 3. The Morgan fingerprint density at radius 3 is 2.67 bits per heavy atom. The highest BCUT2D eigenvalue weighted by Crippen LogP contribution is 2.34. The number of nitrogens with zero attached hydrogens (tertiary/aromatic N) is 3. The summed E-state index contributed by atoms with van der Waals surface area (Å²) in [5, 5.41) is 10.5. The van der Waals surface area contributed by atoms with Gasteiger partial charge in [0.1, 0.15) is 6.17 Å². The lowest BCUT2D eigenvalue weighted by Crippen LogP contribution is -2.54. The summed E-state index contributed by atoms with van der Waals surface area (Å²) in [6.45, 7) is 0.542. The number of carbonyl (C=O) groups is 1. The third kappa shape index (κ3) is 3.88. The van der Waals surface area contributed by atoms with Crippen LogP contribution in [0.1, 0.15) is 23.6 Å². The van der Waals surface area contributed by atoms with Gasteiger partial charge in [-0.2, -0.15) is 5.10 Å². The smallest absolute Gasteiger partial charge is 0.230 e. The first kappa shape index (κ1) is 19.0. The van der Waals surface area contributed by atoms with Gasteiger partial charge in [-0.25, -0.2) is 5.43 Å². The van der Waals surface area contributed by atoms with E-state index in [1.54, 1.807) is 0 Å². The molecule has 3 aliphatic heterocycles. The minimum atomic E-state index is 0.00398. The van der Waals surface area contributed by atoms with Gasteiger partial charge in [-0.15, -0.1) is 0 Å². The maximum Gasteiger partial charge on any atom is 0.230 e. The van der Waals surface area contributed by atoms with Crippen LogP contribution in [0.3, 0.4) is 0 Å². The second-order valence-corrected chi connectivity index (χ2v) is 8.47. The lowest BCUT2D eigenvalue weighted by Gasteiger charge is -2.36. The Morgan fingerprint density at radius 1 is 1.10 bits per heavy atom. The van der Waals surface area contributed by atoms with E-state index in [1.807, 2.05) is 42.6 Å². The van der Waals surface area contributed by atoms with Crippen molar-refractivity contribution in [1.82, 2.24) is 26.1 Å². The maximum atomic E-state index is 12.3. The number of amides is 1. The molecule has 154 valence electrons. The molecule has 0 aromatic heterocycles. The molecular weight excluding hydrogens is 396 g/mol. The molecule has 0 saturated carbocycles. The molecule has 3 atom stereocenters. The van der Waals surface area contributed by atoms with E-state index in [-0.39, 0.29) is 24.2 Å². The number of thioether (sulfide) groups is 1. The summed E-state index contributed by atoms with van der Waals surface area (Å²) in [5.74, 6) is 0.341. The van der Waals surface area contributed by atoms with Crippen LogP contribution in [0.2, 0.25) is 0 Å². The van der Waals surface area contributed by atoms with E-state index >= 15 is 0 Å². The molecule has 0 radical (unpaired) electrons.